The average Bonchev–Trinajstić information content (AvgIpc) is 2.16. The molecule has 1 atom stereocenters. The molecule has 0 spiro atoms. The lowest BCUT2D eigenvalue weighted by Crippen LogP contribution is -2.57. The van der Waals surface area contributed by atoms with Crippen LogP contribution < -0.4 is 5.73 Å². The number of nitrogens with two attached hydrogens (primary N) is 1. The molecule has 0 saturated heterocycles. The SMILES string of the molecule is CN(C)C1([C@H](N)c2ccccc2)CCC1. The van der Waals surface area contributed by atoms with Crippen molar-refractivity contribution in [3.63, 3.8) is 0 Å². The minimum absolute atomic E-state index is 0.141. The maximum Gasteiger partial charge on any atom is 0.0481 e. The Morgan fingerprint density at radius 3 is 2.20 bits per heavy atom. The molecule has 1 aliphatic rings. The van der Waals surface area contributed by atoms with E-state index in [1.165, 1.54) is 24.8 Å². The minimum atomic E-state index is 0.141. The van der Waals surface area contributed by atoms with E-state index >= 15 is 0 Å². The first-order valence-electron chi connectivity index (χ1n) is 5.65. The van der Waals surface area contributed by atoms with Crippen molar-refractivity contribution in [3.8, 4) is 0 Å². The summed E-state index contributed by atoms with van der Waals surface area (Å²) in [5.74, 6) is 0. The average molecular weight is 204 g/mol. The molecule has 15 heavy (non-hydrogen) atoms. The molecule has 82 valence electrons. The van der Waals surface area contributed by atoms with Gasteiger partial charge in [0.2, 0.25) is 0 Å². The third-order valence-electron chi connectivity index (χ3n) is 3.85. The van der Waals surface area contributed by atoms with Crippen molar-refractivity contribution >= 4 is 0 Å². The molecule has 1 aliphatic carbocycles. The van der Waals surface area contributed by atoms with Crippen LogP contribution >= 0.6 is 0 Å². The van der Waals surface area contributed by atoms with E-state index in [1.807, 2.05) is 6.07 Å². The molecule has 2 rings (SSSR count). The van der Waals surface area contributed by atoms with E-state index in [-0.39, 0.29) is 11.6 Å². The fourth-order valence-corrected chi connectivity index (χ4v) is 2.55. The maximum absolute atomic E-state index is 6.39. The Balaban J connectivity index is 2.23. The number of hydrogen-bond donors (Lipinski definition) is 1. The Morgan fingerprint density at radius 1 is 1.20 bits per heavy atom. The zero-order valence-corrected chi connectivity index (χ0v) is 9.61. The second-order valence-electron chi connectivity index (χ2n) is 4.74. The van der Waals surface area contributed by atoms with Crippen LogP contribution in [0.2, 0.25) is 0 Å². The van der Waals surface area contributed by atoms with Crippen LogP contribution in [0.1, 0.15) is 30.9 Å². The molecule has 0 amide bonds. The van der Waals surface area contributed by atoms with Crippen LogP contribution in [0.25, 0.3) is 0 Å². The lowest BCUT2D eigenvalue weighted by molar-refractivity contribution is 0.0330. The van der Waals surface area contributed by atoms with Gasteiger partial charge in [0.15, 0.2) is 0 Å². The molecule has 0 bridgehead atoms. The molecule has 1 fully saturated rings. The molecule has 0 radical (unpaired) electrons. The molecule has 1 aromatic carbocycles. The van der Waals surface area contributed by atoms with Gasteiger partial charge >= 0.3 is 0 Å². The third kappa shape index (κ3) is 1.68. The summed E-state index contributed by atoms with van der Waals surface area (Å²) in [7, 11) is 4.28. The number of nitrogens with zero attached hydrogens (tertiary/aromatic N) is 1. The smallest absolute Gasteiger partial charge is 0.0481 e. The van der Waals surface area contributed by atoms with Gasteiger partial charge < -0.3 is 10.6 Å². The van der Waals surface area contributed by atoms with Crippen LogP contribution in [0.3, 0.4) is 0 Å². The monoisotopic (exact) mass is 204 g/mol. The lowest BCUT2D eigenvalue weighted by atomic mass is 9.69. The van der Waals surface area contributed by atoms with Gasteiger partial charge in [-0.2, -0.15) is 0 Å². The van der Waals surface area contributed by atoms with Crippen molar-refractivity contribution in [1.29, 1.82) is 0 Å². The van der Waals surface area contributed by atoms with Crippen LogP contribution in [0.4, 0.5) is 0 Å². The Bertz CT molecular complexity index is 315. The lowest BCUT2D eigenvalue weighted by Gasteiger charge is -2.51. The third-order valence-corrected chi connectivity index (χ3v) is 3.85. The first kappa shape index (κ1) is 10.7. The molecular formula is C13H20N2. The highest BCUT2D eigenvalue weighted by Crippen LogP contribution is 2.44. The van der Waals surface area contributed by atoms with Gasteiger partial charge in [-0.15, -0.1) is 0 Å². The molecule has 2 nitrogen and oxygen atoms in total. The summed E-state index contributed by atoms with van der Waals surface area (Å²) in [5.41, 5.74) is 7.85. The molecule has 0 aromatic heterocycles. The molecule has 0 heterocycles. The fraction of sp³-hybridized carbons (Fsp3) is 0.538. The number of hydrogen-bond acceptors (Lipinski definition) is 2. The van der Waals surface area contributed by atoms with Crippen molar-refractivity contribution in [2.45, 2.75) is 30.8 Å². The van der Waals surface area contributed by atoms with E-state index in [0.717, 1.165) is 0 Å². The molecule has 0 aliphatic heterocycles. The summed E-state index contributed by atoms with van der Waals surface area (Å²) in [5, 5.41) is 0. The van der Waals surface area contributed by atoms with Gasteiger partial charge in [-0.1, -0.05) is 30.3 Å². The van der Waals surface area contributed by atoms with E-state index < -0.39 is 0 Å². The summed E-state index contributed by atoms with van der Waals surface area (Å²) >= 11 is 0. The predicted octanol–water partition coefficient (Wildman–Crippen LogP) is 2.17. The molecular weight excluding hydrogens is 184 g/mol. The van der Waals surface area contributed by atoms with E-state index in [9.17, 15) is 0 Å². The zero-order chi connectivity index (χ0) is 10.9. The molecule has 1 saturated carbocycles. The highest BCUT2D eigenvalue weighted by atomic mass is 15.2. The minimum Gasteiger partial charge on any atom is -0.322 e. The van der Waals surface area contributed by atoms with E-state index in [2.05, 4.69) is 43.3 Å². The van der Waals surface area contributed by atoms with E-state index in [1.54, 1.807) is 0 Å². The highest BCUT2D eigenvalue weighted by molar-refractivity contribution is 5.24. The Kier molecular flexibility index (Phi) is 2.81. The molecule has 2 N–H and O–H groups in total. The summed E-state index contributed by atoms with van der Waals surface area (Å²) < 4.78 is 0. The first-order chi connectivity index (χ1) is 7.17. The number of likely N-dealkylation sites (N-methyl/N-ethyl adjacent to an activating group) is 1. The Hall–Kier alpha value is -0.860. The number of rotatable bonds is 3. The number of benzene rings is 1. The van der Waals surface area contributed by atoms with Crippen LogP contribution in [-0.2, 0) is 0 Å². The Labute approximate surface area is 92.1 Å². The second kappa shape index (κ2) is 3.95. The quantitative estimate of drug-likeness (QED) is 0.817. The predicted molar refractivity (Wildman–Crippen MR) is 63.6 cm³/mol. The van der Waals surface area contributed by atoms with Gasteiger partial charge in [-0.05, 0) is 38.9 Å². The van der Waals surface area contributed by atoms with Crippen molar-refractivity contribution in [1.82, 2.24) is 4.90 Å². The van der Waals surface area contributed by atoms with Crippen molar-refractivity contribution in [2.75, 3.05) is 14.1 Å². The van der Waals surface area contributed by atoms with Gasteiger partial charge in [0.05, 0.1) is 0 Å². The van der Waals surface area contributed by atoms with Crippen LogP contribution in [0, 0.1) is 0 Å². The molecule has 0 unspecified atom stereocenters. The Morgan fingerprint density at radius 2 is 1.80 bits per heavy atom. The summed E-state index contributed by atoms with van der Waals surface area (Å²) in [6, 6.07) is 10.6. The summed E-state index contributed by atoms with van der Waals surface area (Å²) in [6.45, 7) is 0. The van der Waals surface area contributed by atoms with Crippen LogP contribution in [0.15, 0.2) is 30.3 Å². The van der Waals surface area contributed by atoms with Crippen molar-refractivity contribution in [2.24, 2.45) is 5.73 Å². The maximum atomic E-state index is 6.39. The van der Waals surface area contributed by atoms with Gasteiger partial charge in [-0.25, -0.2) is 0 Å². The standard InChI is InChI=1S/C13H20N2/c1-15(2)13(9-6-10-13)12(14)11-7-4-3-5-8-11/h3-5,7-8,12H,6,9-10,14H2,1-2H3/t12-/m1/s1. The molecule has 1 aromatic rings. The molecule has 2 heteroatoms. The zero-order valence-electron chi connectivity index (χ0n) is 9.61. The summed E-state index contributed by atoms with van der Waals surface area (Å²) in [6.07, 6.45) is 3.74. The van der Waals surface area contributed by atoms with E-state index in [4.69, 9.17) is 5.73 Å². The topological polar surface area (TPSA) is 29.3 Å². The van der Waals surface area contributed by atoms with Crippen molar-refractivity contribution in [3.05, 3.63) is 35.9 Å². The van der Waals surface area contributed by atoms with Crippen LogP contribution in [0.5, 0.6) is 0 Å². The van der Waals surface area contributed by atoms with Gasteiger partial charge in [0, 0.05) is 11.6 Å². The highest BCUT2D eigenvalue weighted by Gasteiger charge is 2.44. The van der Waals surface area contributed by atoms with Crippen molar-refractivity contribution < 1.29 is 0 Å². The van der Waals surface area contributed by atoms with Gasteiger partial charge in [-0.3, -0.25) is 0 Å². The summed E-state index contributed by atoms with van der Waals surface area (Å²) in [4.78, 5) is 2.30. The van der Waals surface area contributed by atoms with Gasteiger partial charge in [0.25, 0.3) is 0 Å². The van der Waals surface area contributed by atoms with Gasteiger partial charge in [0.1, 0.15) is 0 Å². The van der Waals surface area contributed by atoms with E-state index in [0.29, 0.717) is 0 Å². The fourth-order valence-electron chi connectivity index (χ4n) is 2.55. The second-order valence-corrected chi connectivity index (χ2v) is 4.74. The normalized spacial score (nSPS) is 21.1. The first-order valence-corrected chi connectivity index (χ1v) is 5.65. The van der Waals surface area contributed by atoms with Crippen LogP contribution in [-0.4, -0.2) is 24.5 Å². The largest absolute Gasteiger partial charge is 0.322 e.